The Balaban J connectivity index is 1.93. The molecular weight excluding hydrogens is 394 g/mol. The summed E-state index contributed by atoms with van der Waals surface area (Å²) in [6.07, 6.45) is 2.98. The lowest BCUT2D eigenvalue weighted by Gasteiger charge is -2.17. The van der Waals surface area contributed by atoms with Crippen molar-refractivity contribution in [2.45, 2.75) is 31.3 Å². The Morgan fingerprint density at radius 1 is 1.39 bits per heavy atom. The normalized spacial score (nSPS) is 16.1. The summed E-state index contributed by atoms with van der Waals surface area (Å²) in [6, 6.07) is 7.25. The number of rotatable bonds is 5. The standard InChI is InChI=1S/C20H21N3O3S2/c1-11-3-8-14-15(9-11)28-18-17(14)19(25)23(20(22-18)27-10-16(21)24)12-4-6-13(26-2)7-5-12/h4-7,11H,3,8-10H2,1-2H3,(H2,21,24)/t11-/m1/s1. The highest BCUT2D eigenvalue weighted by Gasteiger charge is 2.25. The quantitative estimate of drug-likeness (QED) is 0.511. The highest BCUT2D eigenvalue weighted by atomic mass is 32.2. The fraction of sp³-hybridized carbons (Fsp3) is 0.350. The largest absolute Gasteiger partial charge is 0.497 e. The predicted octanol–water partition coefficient (Wildman–Crippen LogP) is 3.16. The van der Waals surface area contributed by atoms with Crippen molar-refractivity contribution >= 4 is 39.2 Å². The zero-order valence-electron chi connectivity index (χ0n) is 15.7. The van der Waals surface area contributed by atoms with Gasteiger partial charge in [-0.15, -0.1) is 11.3 Å². The van der Waals surface area contributed by atoms with Crippen LogP contribution in [0.3, 0.4) is 0 Å². The van der Waals surface area contributed by atoms with Crippen LogP contribution in [-0.2, 0) is 17.6 Å². The third-order valence-electron chi connectivity index (χ3n) is 4.97. The average molecular weight is 416 g/mol. The smallest absolute Gasteiger partial charge is 0.267 e. The zero-order valence-corrected chi connectivity index (χ0v) is 17.4. The van der Waals surface area contributed by atoms with E-state index < -0.39 is 5.91 Å². The van der Waals surface area contributed by atoms with E-state index in [2.05, 4.69) is 6.92 Å². The van der Waals surface area contributed by atoms with Gasteiger partial charge in [-0.3, -0.25) is 14.2 Å². The Kier molecular flexibility index (Phi) is 5.16. The van der Waals surface area contributed by atoms with E-state index in [0.717, 1.165) is 29.7 Å². The summed E-state index contributed by atoms with van der Waals surface area (Å²) in [4.78, 5) is 31.6. The second-order valence-electron chi connectivity index (χ2n) is 7.02. The number of carbonyl (C=O) groups is 1. The monoisotopic (exact) mass is 415 g/mol. The molecule has 8 heteroatoms. The molecule has 0 bridgehead atoms. The van der Waals surface area contributed by atoms with Gasteiger partial charge >= 0.3 is 0 Å². The van der Waals surface area contributed by atoms with E-state index >= 15 is 0 Å². The topological polar surface area (TPSA) is 87.2 Å². The zero-order chi connectivity index (χ0) is 19.8. The molecule has 0 saturated carbocycles. The van der Waals surface area contributed by atoms with E-state index in [9.17, 15) is 9.59 Å². The van der Waals surface area contributed by atoms with Gasteiger partial charge in [0, 0.05) is 4.88 Å². The first-order chi connectivity index (χ1) is 13.5. The number of benzene rings is 1. The molecule has 1 amide bonds. The molecule has 0 aliphatic heterocycles. The number of primary amides is 1. The molecule has 0 spiro atoms. The van der Waals surface area contributed by atoms with Gasteiger partial charge in [-0.2, -0.15) is 0 Å². The first-order valence-electron chi connectivity index (χ1n) is 9.10. The van der Waals surface area contributed by atoms with Crippen molar-refractivity contribution in [2.75, 3.05) is 12.9 Å². The molecule has 1 atom stereocenters. The predicted molar refractivity (Wildman–Crippen MR) is 113 cm³/mol. The minimum atomic E-state index is -0.445. The van der Waals surface area contributed by atoms with Crippen LogP contribution in [0.2, 0.25) is 0 Å². The molecule has 146 valence electrons. The third-order valence-corrected chi connectivity index (χ3v) is 7.08. The number of aromatic nitrogens is 2. The Hall–Kier alpha value is -2.32. The Bertz CT molecular complexity index is 1100. The van der Waals surface area contributed by atoms with Gasteiger partial charge in [0.15, 0.2) is 5.16 Å². The number of amides is 1. The van der Waals surface area contributed by atoms with Gasteiger partial charge in [-0.25, -0.2) is 4.98 Å². The van der Waals surface area contributed by atoms with Crippen molar-refractivity contribution < 1.29 is 9.53 Å². The summed E-state index contributed by atoms with van der Waals surface area (Å²) in [5.74, 6) is 0.947. The minimum absolute atomic E-state index is 0.0657. The highest BCUT2D eigenvalue weighted by Crippen LogP contribution is 2.37. The molecule has 0 saturated heterocycles. The van der Waals surface area contributed by atoms with E-state index in [1.54, 1.807) is 35.1 Å². The highest BCUT2D eigenvalue weighted by molar-refractivity contribution is 7.99. The second kappa shape index (κ2) is 7.60. The van der Waals surface area contributed by atoms with Crippen molar-refractivity contribution in [3.05, 3.63) is 45.1 Å². The maximum Gasteiger partial charge on any atom is 0.267 e. The summed E-state index contributed by atoms with van der Waals surface area (Å²) >= 11 is 2.79. The number of nitrogens with zero attached hydrogens (tertiary/aromatic N) is 2. The van der Waals surface area contributed by atoms with Crippen LogP contribution in [-0.4, -0.2) is 28.3 Å². The van der Waals surface area contributed by atoms with Crippen LogP contribution in [0.5, 0.6) is 5.75 Å². The fourth-order valence-electron chi connectivity index (χ4n) is 3.56. The van der Waals surface area contributed by atoms with Gasteiger partial charge in [-0.1, -0.05) is 18.7 Å². The number of carbonyl (C=O) groups excluding carboxylic acids is 1. The minimum Gasteiger partial charge on any atom is -0.497 e. The van der Waals surface area contributed by atoms with E-state index in [1.165, 1.54) is 16.6 Å². The number of methoxy groups -OCH3 is 1. The van der Waals surface area contributed by atoms with Crippen LogP contribution < -0.4 is 16.0 Å². The van der Waals surface area contributed by atoms with E-state index in [1.807, 2.05) is 12.1 Å². The summed E-state index contributed by atoms with van der Waals surface area (Å²) in [5, 5.41) is 1.19. The molecule has 1 aromatic carbocycles. The summed E-state index contributed by atoms with van der Waals surface area (Å²) in [7, 11) is 1.60. The molecule has 1 aliphatic rings. The van der Waals surface area contributed by atoms with Gasteiger partial charge in [0.1, 0.15) is 10.6 Å². The van der Waals surface area contributed by atoms with Crippen molar-refractivity contribution in [2.24, 2.45) is 11.7 Å². The molecule has 6 nitrogen and oxygen atoms in total. The Labute approximate surface area is 170 Å². The van der Waals surface area contributed by atoms with Gasteiger partial charge in [-0.05, 0) is 55.0 Å². The van der Waals surface area contributed by atoms with Crippen LogP contribution in [0.4, 0.5) is 0 Å². The third kappa shape index (κ3) is 3.42. The van der Waals surface area contributed by atoms with Crippen LogP contribution >= 0.6 is 23.1 Å². The molecular formula is C20H21N3O3S2. The van der Waals surface area contributed by atoms with Crippen molar-refractivity contribution in [3.63, 3.8) is 0 Å². The Morgan fingerprint density at radius 2 is 2.14 bits per heavy atom. The lowest BCUT2D eigenvalue weighted by molar-refractivity contribution is -0.115. The summed E-state index contributed by atoms with van der Waals surface area (Å²) in [5.41, 5.74) is 7.07. The van der Waals surface area contributed by atoms with Crippen molar-refractivity contribution in [1.82, 2.24) is 9.55 Å². The number of hydrogen-bond donors (Lipinski definition) is 1. The number of thioether (sulfide) groups is 1. The first-order valence-corrected chi connectivity index (χ1v) is 10.9. The van der Waals surface area contributed by atoms with Gasteiger partial charge < -0.3 is 10.5 Å². The van der Waals surface area contributed by atoms with E-state index in [0.29, 0.717) is 27.9 Å². The molecule has 1 aliphatic carbocycles. The lowest BCUT2D eigenvalue weighted by atomic mass is 9.89. The maximum atomic E-state index is 13.5. The molecule has 2 aromatic heterocycles. The van der Waals surface area contributed by atoms with Crippen LogP contribution in [0.25, 0.3) is 15.9 Å². The molecule has 0 radical (unpaired) electrons. The molecule has 4 rings (SSSR count). The summed E-state index contributed by atoms with van der Waals surface area (Å²) < 4.78 is 6.80. The van der Waals surface area contributed by atoms with Crippen LogP contribution in [0, 0.1) is 5.92 Å². The van der Waals surface area contributed by atoms with E-state index in [-0.39, 0.29) is 11.3 Å². The van der Waals surface area contributed by atoms with Crippen molar-refractivity contribution in [1.29, 1.82) is 0 Å². The molecule has 3 aromatic rings. The van der Waals surface area contributed by atoms with E-state index in [4.69, 9.17) is 15.5 Å². The van der Waals surface area contributed by atoms with Crippen LogP contribution in [0.15, 0.2) is 34.2 Å². The molecule has 0 unspecified atom stereocenters. The van der Waals surface area contributed by atoms with Gasteiger partial charge in [0.25, 0.3) is 5.56 Å². The number of ether oxygens (including phenoxy) is 1. The Morgan fingerprint density at radius 3 is 2.82 bits per heavy atom. The molecule has 2 heterocycles. The number of hydrogen-bond acceptors (Lipinski definition) is 6. The number of aryl methyl sites for hydroxylation is 1. The number of thiophene rings is 1. The maximum absolute atomic E-state index is 13.5. The van der Waals surface area contributed by atoms with Crippen molar-refractivity contribution in [3.8, 4) is 11.4 Å². The molecule has 28 heavy (non-hydrogen) atoms. The number of nitrogens with two attached hydrogens (primary N) is 1. The summed E-state index contributed by atoms with van der Waals surface area (Å²) in [6.45, 7) is 2.24. The number of fused-ring (bicyclic) bond motifs is 3. The van der Waals surface area contributed by atoms with Gasteiger partial charge in [0.2, 0.25) is 5.91 Å². The second-order valence-corrected chi connectivity index (χ2v) is 9.05. The van der Waals surface area contributed by atoms with Gasteiger partial charge in [0.05, 0.1) is 23.9 Å². The lowest BCUT2D eigenvalue weighted by Crippen LogP contribution is -2.23. The van der Waals surface area contributed by atoms with Crippen LogP contribution in [0.1, 0.15) is 23.8 Å². The molecule has 2 N–H and O–H groups in total. The fourth-order valence-corrected chi connectivity index (χ4v) is 5.74. The average Bonchev–Trinajstić information content (AvgIpc) is 3.04. The SMILES string of the molecule is COc1ccc(-n2c(SCC(N)=O)nc3sc4c(c3c2=O)CC[C@@H](C)C4)cc1. The molecule has 0 fully saturated rings. The first kappa shape index (κ1) is 19.0.